The van der Waals surface area contributed by atoms with Crippen molar-refractivity contribution in [1.29, 1.82) is 0 Å². The second-order valence-corrected chi connectivity index (χ2v) is 9.53. The largest absolute Gasteiger partial charge is 0.369 e. The minimum absolute atomic E-state index is 0.639. The van der Waals surface area contributed by atoms with Crippen LogP contribution < -0.4 is 15.5 Å². The van der Waals surface area contributed by atoms with Gasteiger partial charge in [0, 0.05) is 49.8 Å². The van der Waals surface area contributed by atoms with Crippen molar-refractivity contribution < 1.29 is 0 Å². The summed E-state index contributed by atoms with van der Waals surface area (Å²) in [5.41, 5.74) is 3.82. The average molecular weight is 443 g/mol. The third-order valence-corrected chi connectivity index (χ3v) is 6.78. The van der Waals surface area contributed by atoms with E-state index in [9.17, 15) is 0 Å². The van der Waals surface area contributed by atoms with Crippen LogP contribution in [0.5, 0.6) is 0 Å². The number of nitrogens with zero attached hydrogens (tertiary/aromatic N) is 4. The molecule has 1 saturated heterocycles. The topological polar surface area (TPSA) is 55.8 Å². The summed E-state index contributed by atoms with van der Waals surface area (Å²) in [5.74, 6) is 0.889. The molecule has 6 nitrogen and oxygen atoms in total. The molecule has 0 radical (unpaired) electrons. The fourth-order valence-corrected chi connectivity index (χ4v) is 4.68. The molecule has 0 unspecified atom stereocenters. The number of hydrogen-bond acceptors (Lipinski definition) is 5. The van der Waals surface area contributed by atoms with Crippen LogP contribution in [0.3, 0.4) is 0 Å². The van der Waals surface area contributed by atoms with Gasteiger partial charge in [-0.25, -0.2) is 9.98 Å². The van der Waals surface area contributed by atoms with Gasteiger partial charge >= 0.3 is 0 Å². The molecule has 0 atom stereocenters. The standard InChI is InChI=1S/C24H38N6S/c1-5-25-24(27-18-23-28-20(3)21(4)31-23)26-11-6-7-12-29-13-15-30(16-14-29)22-10-8-9-19(2)17-22/h8-10,17H,5-7,11-16,18H2,1-4H3,(H2,25,26,27). The molecule has 0 spiro atoms. The van der Waals surface area contributed by atoms with E-state index in [1.54, 1.807) is 11.3 Å². The van der Waals surface area contributed by atoms with E-state index in [-0.39, 0.29) is 0 Å². The Balaban J connectivity index is 1.33. The van der Waals surface area contributed by atoms with Crippen molar-refractivity contribution in [3.8, 4) is 0 Å². The van der Waals surface area contributed by atoms with Crippen LogP contribution in [0.1, 0.15) is 40.9 Å². The first-order valence-electron chi connectivity index (χ1n) is 11.5. The van der Waals surface area contributed by atoms with Crippen molar-refractivity contribution >= 4 is 23.0 Å². The van der Waals surface area contributed by atoms with Gasteiger partial charge in [0.2, 0.25) is 0 Å². The van der Waals surface area contributed by atoms with Gasteiger partial charge in [-0.1, -0.05) is 12.1 Å². The van der Waals surface area contributed by atoms with Gasteiger partial charge in [-0.05, 0) is 64.8 Å². The van der Waals surface area contributed by atoms with E-state index in [1.165, 1.54) is 29.1 Å². The number of nitrogens with one attached hydrogen (secondary N) is 2. The van der Waals surface area contributed by atoms with Gasteiger partial charge in [-0.3, -0.25) is 4.90 Å². The molecule has 1 aliphatic rings. The number of aliphatic imine (C=N–C) groups is 1. The van der Waals surface area contributed by atoms with Crippen LogP contribution in [0.4, 0.5) is 5.69 Å². The van der Waals surface area contributed by atoms with Crippen LogP contribution in [0, 0.1) is 20.8 Å². The summed E-state index contributed by atoms with van der Waals surface area (Å²) in [6.45, 7) is 16.6. The molecule has 1 fully saturated rings. The van der Waals surface area contributed by atoms with Crippen molar-refractivity contribution in [2.45, 2.75) is 47.1 Å². The molecule has 31 heavy (non-hydrogen) atoms. The number of aryl methyl sites for hydroxylation is 3. The molecule has 2 N–H and O–H groups in total. The average Bonchev–Trinajstić information content (AvgIpc) is 3.09. The summed E-state index contributed by atoms with van der Waals surface area (Å²) in [4.78, 5) is 15.7. The second-order valence-electron chi connectivity index (χ2n) is 8.25. The lowest BCUT2D eigenvalue weighted by Crippen LogP contribution is -2.46. The Hall–Kier alpha value is -2.12. The Labute approximate surface area is 191 Å². The summed E-state index contributed by atoms with van der Waals surface area (Å²) < 4.78 is 0. The molecular weight excluding hydrogens is 404 g/mol. The molecule has 1 aromatic carbocycles. The Morgan fingerprint density at radius 3 is 2.58 bits per heavy atom. The minimum atomic E-state index is 0.639. The molecule has 170 valence electrons. The third kappa shape index (κ3) is 7.51. The molecule has 3 rings (SSSR count). The van der Waals surface area contributed by atoms with Gasteiger partial charge in [0.1, 0.15) is 5.01 Å². The summed E-state index contributed by atoms with van der Waals surface area (Å²) in [6, 6.07) is 8.85. The highest BCUT2D eigenvalue weighted by Crippen LogP contribution is 2.18. The predicted molar refractivity (Wildman–Crippen MR) is 133 cm³/mol. The van der Waals surface area contributed by atoms with Crippen LogP contribution >= 0.6 is 11.3 Å². The van der Waals surface area contributed by atoms with Crippen LogP contribution in [0.2, 0.25) is 0 Å². The van der Waals surface area contributed by atoms with Crippen molar-refractivity contribution in [3.05, 3.63) is 45.4 Å². The molecule has 0 aliphatic carbocycles. The SMILES string of the molecule is CCNC(=NCc1nc(C)c(C)s1)NCCCCN1CCN(c2cccc(C)c2)CC1. The van der Waals surface area contributed by atoms with E-state index in [1.807, 2.05) is 0 Å². The second kappa shape index (κ2) is 12.1. The van der Waals surface area contributed by atoms with Gasteiger partial charge in [0.05, 0.1) is 12.2 Å². The number of benzene rings is 1. The zero-order chi connectivity index (χ0) is 22.1. The fourth-order valence-electron chi connectivity index (χ4n) is 3.82. The van der Waals surface area contributed by atoms with Crippen molar-refractivity contribution in [2.24, 2.45) is 4.99 Å². The van der Waals surface area contributed by atoms with Gasteiger partial charge in [-0.15, -0.1) is 11.3 Å². The zero-order valence-corrected chi connectivity index (χ0v) is 20.4. The highest BCUT2D eigenvalue weighted by molar-refractivity contribution is 7.11. The van der Waals surface area contributed by atoms with Crippen molar-refractivity contribution in [1.82, 2.24) is 20.5 Å². The minimum Gasteiger partial charge on any atom is -0.369 e. The lowest BCUT2D eigenvalue weighted by molar-refractivity contribution is 0.253. The molecule has 0 saturated carbocycles. The Kier molecular flexibility index (Phi) is 9.15. The summed E-state index contributed by atoms with van der Waals surface area (Å²) in [6.07, 6.45) is 2.36. The number of hydrogen-bond donors (Lipinski definition) is 2. The van der Waals surface area contributed by atoms with E-state index in [4.69, 9.17) is 4.99 Å². The summed E-state index contributed by atoms with van der Waals surface area (Å²) >= 11 is 1.74. The number of guanidine groups is 1. The molecular formula is C24H38N6S. The van der Waals surface area contributed by atoms with Crippen LogP contribution in [-0.4, -0.2) is 61.7 Å². The maximum atomic E-state index is 4.70. The first kappa shape index (κ1) is 23.5. The fraction of sp³-hybridized carbons (Fsp3) is 0.583. The lowest BCUT2D eigenvalue weighted by Gasteiger charge is -2.36. The number of unbranched alkanes of at least 4 members (excludes halogenated alkanes) is 1. The quantitative estimate of drug-likeness (QED) is 0.352. The van der Waals surface area contributed by atoms with Crippen LogP contribution in [0.25, 0.3) is 0 Å². The monoisotopic (exact) mass is 442 g/mol. The molecule has 2 heterocycles. The van der Waals surface area contributed by atoms with Gasteiger partial charge in [-0.2, -0.15) is 0 Å². The molecule has 1 aliphatic heterocycles. The Morgan fingerprint density at radius 1 is 1.10 bits per heavy atom. The van der Waals surface area contributed by atoms with Gasteiger partial charge < -0.3 is 15.5 Å². The Bertz CT molecular complexity index is 819. The van der Waals surface area contributed by atoms with Crippen molar-refractivity contribution in [3.63, 3.8) is 0 Å². The van der Waals surface area contributed by atoms with E-state index in [0.29, 0.717) is 6.54 Å². The first-order valence-corrected chi connectivity index (χ1v) is 12.4. The van der Waals surface area contributed by atoms with Crippen molar-refractivity contribution in [2.75, 3.05) is 50.7 Å². The lowest BCUT2D eigenvalue weighted by atomic mass is 10.2. The molecule has 1 aromatic heterocycles. The smallest absolute Gasteiger partial charge is 0.191 e. The highest BCUT2D eigenvalue weighted by Gasteiger charge is 2.16. The summed E-state index contributed by atoms with van der Waals surface area (Å²) in [7, 11) is 0. The first-order chi connectivity index (χ1) is 15.0. The van der Waals surface area contributed by atoms with Gasteiger partial charge in [0.25, 0.3) is 0 Å². The number of piperazine rings is 1. The van der Waals surface area contributed by atoms with E-state index in [0.717, 1.165) is 62.4 Å². The van der Waals surface area contributed by atoms with E-state index >= 15 is 0 Å². The normalized spacial score (nSPS) is 15.4. The number of aromatic nitrogens is 1. The zero-order valence-electron chi connectivity index (χ0n) is 19.6. The van der Waals surface area contributed by atoms with E-state index in [2.05, 4.69) is 77.4 Å². The number of anilines is 1. The number of thiazole rings is 1. The third-order valence-electron chi connectivity index (χ3n) is 5.72. The maximum Gasteiger partial charge on any atom is 0.191 e. The number of rotatable bonds is 9. The molecule has 0 bridgehead atoms. The van der Waals surface area contributed by atoms with E-state index < -0.39 is 0 Å². The molecule has 7 heteroatoms. The Morgan fingerprint density at radius 2 is 1.90 bits per heavy atom. The molecule has 0 amide bonds. The van der Waals surface area contributed by atoms with Crippen LogP contribution in [0.15, 0.2) is 29.3 Å². The predicted octanol–water partition coefficient (Wildman–Crippen LogP) is 3.73. The maximum absolute atomic E-state index is 4.70. The van der Waals surface area contributed by atoms with Crippen LogP contribution in [-0.2, 0) is 6.54 Å². The summed E-state index contributed by atoms with van der Waals surface area (Å²) in [5, 5.41) is 7.89. The van der Waals surface area contributed by atoms with Gasteiger partial charge in [0.15, 0.2) is 5.96 Å². The molecule has 2 aromatic rings. The highest BCUT2D eigenvalue weighted by atomic mass is 32.1.